The highest BCUT2D eigenvalue weighted by molar-refractivity contribution is 7.92. The Morgan fingerprint density at radius 2 is 1.65 bits per heavy atom. The lowest BCUT2D eigenvalue weighted by Crippen LogP contribution is -2.25. The highest BCUT2D eigenvalue weighted by atomic mass is 32.2. The summed E-state index contributed by atoms with van der Waals surface area (Å²) in [6, 6.07) is 20.5. The SMILES string of the molecule is COc1ccc(S(=O)(=O)Nc2ccc(N(C)C)c(C(=O)NCc3ccccc3)c2)cc1. The number of rotatable bonds is 8. The number of methoxy groups -OCH3 is 1. The van der Waals surface area contributed by atoms with Crippen LogP contribution in [0.25, 0.3) is 0 Å². The van der Waals surface area contributed by atoms with E-state index in [0.29, 0.717) is 29.2 Å². The van der Waals surface area contributed by atoms with E-state index in [9.17, 15) is 13.2 Å². The Morgan fingerprint density at radius 3 is 2.26 bits per heavy atom. The standard InChI is InChI=1S/C23H25N3O4S/c1-26(2)22-14-9-18(25-31(28,29)20-12-10-19(30-3)11-13-20)15-21(22)23(27)24-16-17-7-5-4-6-8-17/h4-15,25H,16H2,1-3H3,(H,24,27). The second-order valence-corrected chi connectivity index (χ2v) is 8.76. The summed E-state index contributed by atoms with van der Waals surface area (Å²) in [5.74, 6) is 0.268. The van der Waals surface area contributed by atoms with Gasteiger partial charge in [0.2, 0.25) is 0 Å². The van der Waals surface area contributed by atoms with Gasteiger partial charge >= 0.3 is 0 Å². The zero-order valence-corrected chi connectivity index (χ0v) is 18.4. The molecule has 0 saturated heterocycles. The van der Waals surface area contributed by atoms with Crippen LogP contribution in [-0.4, -0.2) is 35.5 Å². The van der Waals surface area contributed by atoms with Crippen LogP contribution in [0, 0.1) is 0 Å². The van der Waals surface area contributed by atoms with E-state index in [1.807, 2.05) is 44.4 Å². The Morgan fingerprint density at radius 1 is 0.968 bits per heavy atom. The van der Waals surface area contributed by atoms with Crippen LogP contribution >= 0.6 is 0 Å². The van der Waals surface area contributed by atoms with Gasteiger partial charge in [-0.05, 0) is 48.0 Å². The Bertz CT molecular complexity index is 1150. The van der Waals surface area contributed by atoms with Crippen molar-refractivity contribution in [3.8, 4) is 5.75 Å². The van der Waals surface area contributed by atoms with Crippen LogP contribution in [0.1, 0.15) is 15.9 Å². The van der Waals surface area contributed by atoms with Crippen molar-refractivity contribution in [3.05, 3.63) is 83.9 Å². The first-order valence-electron chi connectivity index (χ1n) is 9.60. The van der Waals surface area contributed by atoms with Crippen molar-refractivity contribution in [2.45, 2.75) is 11.4 Å². The number of amides is 1. The van der Waals surface area contributed by atoms with Crippen molar-refractivity contribution >= 4 is 27.3 Å². The largest absolute Gasteiger partial charge is 0.497 e. The van der Waals surface area contributed by atoms with Crippen LogP contribution in [0.4, 0.5) is 11.4 Å². The zero-order valence-electron chi connectivity index (χ0n) is 17.6. The summed E-state index contributed by atoms with van der Waals surface area (Å²) in [5, 5.41) is 2.89. The van der Waals surface area contributed by atoms with E-state index in [0.717, 1.165) is 5.56 Å². The maximum absolute atomic E-state index is 12.9. The summed E-state index contributed by atoms with van der Waals surface area (Å²) in [6.45, 7) is 0.369. The molecule has 2 N–H and O–H groups in total. The highest BCUT2D eigenvalue weighted by Gasteiger charge is 2.18. The number of carbonyl (C=O) groups is 1. The average molecular weight is 440 g/mol. The van der Waals surface area contributed by atoms with Gasteiger partial charge in [-0.2, -0.15) is 0 Å². The maximum atomic E-state index is 12.9. The molecule has 8 heteroatoms. The van der Waals surface area contributed by atoms with Crippen LogP contribution in [0.15, 0.2) is 77.7 Å². The molecule has 0 fully saturated rings. The van der Waals surface area contributed by atoms with Crippen molar-refractivity contribution < 1.29 is 17.9 Å². The molecule has 0 atom stereocenters. The minimum atomic E-state index is -3.82. The van der Waals surface area contributed by atoms with Crippen LogP contribution in [0.3, 0.4) is 0 Å². The van der Waals surface area contributed by atoms with Gasteiger partial charge in [0.15, 0.2) is 0 Å². The molecular formula is C23H25N3O4S. The fraction of sp³-hybridized carbons (Fsp3) is 0.174. The number of carbonyl (C=O) groups excluding carboxylic acids is 1. The topological polar surface area (TPSA) is 87.7 Å². The summed E-state index contributed by atoms with van der Waals surface area (Å²) in [7, 11) is 1.34. The monoisotopic (exact) mass is 439 g/mol. The summed E-state index contributed by atoms with van der Waals surface area (Å²) >= 11 is 0. The number of benzene rings is 3. The Labute approximate surface area is 182 Å². The number of anilines is 2. The predicted molar refractivity (Wildman–Crippen MR) is 122 cm³/mol. The van der Waals surface area contributed by atoms with E-state index in [2.05, 4.69) is 10.0 Å². The third kappa shape index (κ3) is 5.55. The van der Waals surface area contributed by atoms with Gasteiger partial charge in [0.1, 0.15) is 5.75 Å². The summed E-state index contributed by atoms with van der Waals surface area (Å²) < 4.78 is 33.1. The Balaban J connectivity index is 1.84. The number of hydrogen-bond donors (Lipinski definition) is 2. The van der Waals surface area contributed by atoms with E-state index < -0.39 is 10.0 Å². The van der Waals surface area contributed by atoms with E-state index in [-0.39, 0.29) is 10.8 Å². The van der Waals surface area contributed by atoms with Gasteiger partial charge in [-0.3, -0.25) is 9.52 Å². The molecule has 0 aliphatic carbocycles. The number of sulfonamides is 1. The van der Waals surface area contributed by atoms with Crippen molar-refractivity contribution in [2.75, 3.05) is 30.8 Å². The smallest absolute Gasteiger partial charge is 0.261 e. The van der Waals surface area contributed by atoms with Crippen molar-refractivity contribution in [1.29, 1.82) is 0 Å². The van der Waals surface area contributed by atoms with Gasteiger partial charge in [0, 0.05) is 32.0 Å². The molecule has 0 heterocycles. The molecule has 0 saturated carbocycles. The quantitative estimate of drug-likeness (QED) is 0.561. The number of ether oxygens (including phenoxy) is 1. The summed E-state index contributed by atoms with van der Waals surface area (Å²) in [6.07, 6.45) is 0. The highest BCUT2D eigenvalue weighted by Crippen LogP contribution is 2.25. The molecule has 3 aromatic carbocycles. The lowest BCUT2D eigenvalue weighted by atomic mass is 10.1. The predicted octanol–water partition coefficient (Wildman–Crippen LogP) is 3.49. The van der Waals surface area contributed by atoms with E-state index in [1.165, 1.54) is 25.3 Å². The van der Waals surface area contributed by atoms with Crippen LogP contribution in [0.5, 0.6) is 5.75 Å². The fourth-order valence-electron chi connectivity index (χ4n) is 3.01. The van der Waals surface area contributed by atoms with Crippen LogP contribution < -0.4 is 19.7 Å². The first kappa shape index (κ1) is 22.2. The second-order valence-electron chi connectivity index (χ2n) is 7.08. The minimum Gasteiger partial charge on any atom is -0.497 e. The number of hydrogen-bond acceptors (Lipinski definition) is 5. The Hall–Kier alpha value is -3.52. The Kier molecular flexibility index (Phi) is 6.81. The number of nitrogens with zero attached hydrogens (tertiary/aromatic N) is 1. The molecule has 0 bridgehead atoms. The molecule has 31 heavy (non-hydrogen) atoms. The molecule has 0 aliphatic heterocycles. The minimum absolute atomic E-state index is 0.0973. The molecule has 0 aliphatic rings. The van der Waals surface area contributed by atoms with E-state index in [1.54, 1.807) is 29.2 Å². The van der Waals surface area contributed by atoms with Gasteiger partial charge < -0.3 is 15.0 Å². The third-order valence-electron chi connectivity index (χ3n) is 4.64. The molecule has 162 valence electrons. The second kappa shape index (κ2) is 9.53. The molecular weight excluding hydrogens is 414 g/mol. The van der Waals surface area contributed by atoms with Gasteiger partial charge in [-0.1, -0.05) is 30.3 Å². The van der Waals surface area contributed by atoms with Gasteiger partial charge in [-0.25, -0.2) is 8.42 Å². The lowest BCUT2D eigenvalue weighted by Gasteiger charge is -2.19. The van der Waals surface area contributed by atoms with E-state index in [4.69, 9.17) is 4.74 Å². The lowest BCUT2D eigenvalue weighted by molar-refractivity contribution is 0.0951. The molecule has 3 aromatic rings. The molecule has 0 aromatic heterocycles. The first-order chi connectivity index (χ1) is 14.8. The summed E-state index contributed by atoms with van der Waals surface area (Å²) in [4.78, 5) is 14.8. The molecule has 3 rings (SSSR count). The van der Waals surface area contributed by atoms with Crippen LogP contribution in [0.2, 0.25) is 0 Å². The van der Waals surface area contributed by atoms with Crippen molar-refractivity contribution in [3.63, 3.8) is 0 Å². The average Bonchev–Trinajstić information content (AvgIpc) is 2.77. The van der Waals surface area contributed by atoms with Crippen molar-refractivity contribution in [1.82, 2.24) is 5.32 Å². The molecule has 7 nitrogen and oxygen atoms in total. The summed E-state index contributed by atoms with van der Waals surface area (Å²) in [5.41, 5.74) is 2.32. The third-order valence-corrected chi connectivity index (χ3v) is 6.04. The molecule has 0 unspecified atom stereocenters. The molecule has 1 amide bonds. The van der Waals surface area contributed by atoms with Gasteiger partial charge in [-0.15, -0.1) is 0 Å². The van der Waals surface area contributed by atoms with E-state index >= 15 is 0 Å². The molecule has 0 spiro atoms. The molecule has 0 radical (unpaired) electrons. The first-order valence-corrected chi connectivity index (χ1v) is 11.1. The number of nitrogens with one attached hydrogen (secondary N) is 2. The fourth-order valence-corrected chi connectivity index (χ4v) is 4.06. The maximum Gasteiger partial charge on any atom is 0.261 e. The normalized spacial score (nSPS) is 10.9. The van der Waals surface area contributed by atoms with Gasteiger partial charge in [0.05, 0.1) is 17.6 Å². The zero-order chi connectivity index (χ0) is 22.4. The van der Waals surface area contributed by atoms with Gasteiger partial charge in [0.25, 0.3) is 15.9 Å². The van der Waals surface area contributed by atoms with Crippen LogP contribution in [-0.2, 0) is 16.6 Å². The van der Waals surface area contributed by atoms with Crippen molar-refractivity contribution in [2.24, 2.45) is 0 Å².